The van der Waals surface area contributed by atoms with Crippen LogP contribution >= 0.6 is 31.9 Å². The molecule has 0 aliphatic carbocycles. The Bertz CT molecular complexity index is 529. The standard InChI is InChI=1S/C15H16Br2N2/c1-2-19(11-14-5-3-4-8-18-14)15-9-13(17)7-6-12(15)10-16/h3-9H,2,10-11H2,1H3. The van der Waals surface area contributed by atoms with Crippen molar-refractivity contribution in [3.8, 4) is 0 Å². The van der Waals surface area contributed by atoms with E-state index in [1.54, 1.807) is 0 Å². The van der Waals surface area contributed by atoms with E-state index in [4.69, 9.17) is 0 Å². The molecule has 0 aliphatic rings. The molecule has 0 amide bonds. The third-order valence-electron chi connectivity index (χ3n) is 2.99. The first kappa shape index (κ1) is 14.5. The van der Waals surface area contributed by atoms with Crippen LogP contribution in [0.5, 0.6) is 0 Å². The maximum Gasteiger partial charge on any atom is 0.0602 e. The van der Waals surface area contributed by atoms with E-state index >= 15 is 0 Å². The molecule has 2 nitrogen and oxygen atoms in total. The highest BCUT2D eigenvalue weighted by atomic mass is 79.9. The molecule has 0 atom stereocenters. The lowest BCUT2D eigenvalue weighted by molar-refractivity contribution is 0.805. The summed E-state index contributed by atoms with van der Waals surface area (Å²) in [6.07, 6.45) is 1.84. The minimum absolute atomic E-state index is 0.827. The highest BCUT2D eigenvalue weighted by Gasteiger charge is 2.11. The predicted octanol–water partition coefficient (Wildman–Crippen LogP) is 4.77. The molecule has 0 saturated heterocycles. The average molecular weight is 384 g/mol. The summed E-state index contributed by atoms with van der Waals surface area (Å²) < 4.78 is 1.10. The van der Waals surface area contributed by atoms with Crippen LogP contribution in [0.4, 0.5) is 5.69 Å². The zero-order chi connectivity index (χ0) is 13.7. The van der Waals surface area contributed by atoms with Crippen LogP contribution in [0.15, 0.2) is 47.1 Å². The van der Waals surface area contributed by atoms with E-state index in [9.17, 15) is 0 Å². The van der Waals surface area contributed by atoms with Gasteiger partial charge in [0.2, 0.25) is 0 Å². The summed E-state index contributed by atoms with van der Waals surface area (Å²) in [5.41, 5.74) is 3.63. The van der Waals surface area contributed by atoms with Gasteiger partial charge < -0.3 is 4.90 Å². The number of nitrogens with zero attached hydrogens (tertiary/aromatic N) is 2. The van der Waals surface area contributed by atoms with Gasteiger partial charge in [-0.2, -0.15) is 0 Å². The van der Waals surface area contributed by atoms with Gasteiger partial charge in [-0.25, -0.2) is 0 Å². The lowest BCUT2D eigenvalue weighted by atomic mass is 10.1. The van der Waals surface area contributed by atoms with E-state index in [2.05, 4.69) is 72.9 Å². The third kappa shape index (κ3) is 3.80. The van der Waals surface area contributed by atoms with Crippen molar-refractivity contribution in [1.82, 2.24) is 4.98 Å². The van der Waals surface area contributed by atoms with Gasteiger partial charge in [0.15, 0.2) is 0 Å². The van der Waals surface area contributed by atoms with Crippen molar-refractivity contribution in [3.05, 3.63) is 58.3 Å². The summed E-state index contributed by atoms with van der Waals surface area (Å²) >= 11 is 7.11. The first-order chi connectivity index (χ1) is 9.24. The van der Waals surface area contributed by atoms with E-state index in [-0.39, 0.29) is 0 Å². The molecule has 0 radical (unpaired) electrons. The average Bonchev–Trinajstić information content (AvgIpc) is 2.46. The number of alkyl halides is 1. The molecule has 0 unspecified atom stereocenters. The zero-order valence-corrected chi connectivity index (χ0v) is 14.0. The number of pyridine rings is 1. The summed E-state index contributed by atoms with van der Waals surface area (Å²) in [5.74, 6) is 0. The number of halogens is 2. The normalized spacial score (nSPS) is 10.5. The molecule has 2 rings (SSSR count). The van der Waals surface area contributed by atoms with Crippen molar-refractivity contribution in [2.75, 3.05) is 11.4 Å². The smallest absolute Gasteiger partial charge is 0.0602 e. The van der Waals surface area contributed by atoms with Gasteiger partial charge in [0.1, 0.15) is 0 Å². The summed E-state index contributed by atoms with van der Waals surface area (Å²) in [4.78, 5) is 6.74. The molecule has 1 heterocycles. The summed E-state index contributed by atoms with van der Waals surface area (Å²) in [6.45, 7) is 3.95. The Kier molecular flexibility index (Phi) is 5.40. The summed E-state index contributed by atoms with van der Waals surface area (Å²) in [5, 5.41) is 0.855. The summed E-state index contributed by atoms with van der Waals surface area (Å²) in [7, 11) is 0. The number of anilines is 1. The fourth-order valence-corrected chi connectivity index (χ4v) is 2.82. The largest absolute Gasteiger partial charge is 0.366 e. The molecule has 0 saturated carbocycles. The van der Waals surface area contributed by atoms with Crippen LogP contribution in [0.1, 0.15) is 18.2 Å². The number of rotatable bonds is 5. The van der Waals surface area contributed by atoms with E-state index in [1.807, 2.05) is 18.3 Å². The van der Waals surface area contributed by atoms with Gasteiger partial charge in [-0.1, -0.05) is 44.0 Å². The van der Waals surface area contributed by atoms with Crippen LogP contribution < -0.4 is 4.90 Å². The van der Waals surface area contributed by atoms with Crippen LogP contribution in [0.2, 0.25) is 0 Å². The Morgan fingerprint density at radius 1 is 1.21 bits per heavy atom. The summed E-state index contributed by atoms with van der Waals surface area (Å²) in [6, 6.07) is 12.4. The van der Waals surface area contributed by atoms with E-state index < -0.39 is 0 Å². The van der Waals surface area contributed by atoms with Crippen LogP contribution in [-0.2, 0) is 11.9 Å². The first-order valence-corrected chi connectivity index (χ1v) is 8.15. The Hall–Kier alpha value is -0.870. The second-order valence-electron chi connectivity index (χ2n) is 4.24. The third-order valence-corrected chi connectivity index (χ3v) is 4.09. The number of benzene rings is 1. The number of aromatic nitrogens is 1. The maximum absolute atomic E-state index is 4.40. The van der Waals surface area contributed by atoms with Crippen LogP contribution in [0, 0.1) is 0 Å². The van der Waals surface area contributed by atoms with Gasteiger partial charge in [0.05, 0.1) is 12.2 Å². The van der Waals surface area contributed by atoms with E-state index in [1.165, 1.54) is 11.3 Å². The molecule has 19 heavy (non-hydrogen) atoms. The molecular weight excluding hydrogens is 368 g/mol. The SMILES string of the molecule is CCN(Cc1ccccn1)c1cc(Br)ccc1CBr. The quantitative estimate of drug-likeness (QED) is 0.691. The van der Waals surface area contributed by atoms with Crippen molar-refractivity contribution < 1.29 is 0 Å². The van der Waals surface area contributed by atoms with Gasteiger partial charge >= 0.3 is 0 Å². The van der Waals surface area contributed by atoms with Gasteiger partial charge in [0.25, 0.3) is 0 Å². The van der Waals surface area contributed by atoms with Crippen LogP contribution in [-0.4, -0.2) is 11.5 Å². The Balaban J connectivity index is 2.29. The molecular formula is C15H16Br2N2. The second-order valence-corrected chi connectivity index (χ2v) is 5.72. The molecule has 1 aromatic heterocycles. The predicted molar refractivity (Wildman–Crippen MR) is 87.7 cm³/mol. The number of hydrogen-bond acceptors (Lipinski definition) is 2. The van der Waals surface area contributed by atoms with Gasteiger partial charge in [0, 0.05) is 28.2 Å². The van der Waals surface area contributed by atoms with Crippen LogP contribution in [0.3, 0.4) is 0 Å². The maximum atomic E-state index is 4.40. The molecule has 2 aromatic rings. The van der Waals surface area contributed by atoms with E-state index in [0.717, 1.165) is 28.6 Å². The fourth-order valence-electron chi connectivity index (χ4n) is 2.00. The Labute approximate surface area is 131 Å². The molecule has 0 aliphatic heterocycles. The highest BCUT2D eigenvalue weighted by Crippen LogP contribution is 2.27. The van der Waals surface area contributed by atoms with Crippen molar-refractivity contribution in [2.24, 2.45) is 0 Å². The molecule has 0 bridgehead atoms. The monoisotopic (exact) mass is 382 g/mol. The fraction of sp³-hybridized carbons (Fsp3) is 0.267. The lowest BCUT2D eigenvalue weighted by Gasteiger charge is -2.25. The number of hydrogen-bond donors (Lipinski definition) is 0. The molecule has 1 aromatic carbocycles. The van der Waals surface area contributed by atoms with Crippen molar-refractivity contribution >= 4 is 37.5 Å². The van der Waals surface area contributed by atoms with Gasteiger partial charge in [-0.3, -0.25) is 4.98 Å². The van der Waals surface area contributed by atoms with E-state index in [0.29, 0.717) is 0 Å². The topological polar surface area (TPSA) is 16.1 Å². The molecule has 4 heteroatoms. The Morgan fingerprint density at radius 2 is 2.05 bits per heavy atom. The van der Waals surface area contributed by atoms with Gasteiger partial charge in [-0.15, -0.1) is 0 Å². The minimum atomic E-state index is 0.827. The highest BCUT2D eigenvalue weighted by molar-refractivity contribution is 9.10. The van der Waals surface area contributed by atoms with Crippen molar-refractivity contribution in [1.29, 1.82) is 0 Å². The molecule has 0 N–H and O–H groups in total. The molecule has 100 valence electrons. The zero-order valence-electron chi connectivity index (χ0n) is 10.8. The second kappa shape index (κ2) is 7.06. The first-order valence-electron chi connectivity index (χ1n) is 6.24. The lowest BCUT2D eigenvalue weighted by Crippen LogP contribution is -2.23. The van der Waals surface area contributed by atoms with Crippen molar-refractivity contribution in [2.45, 2.75) is 18.8 Å². The van der Waals surface area contributed by atoms with Crippen molar-refractivity contribution in [3.63, 3.8) is 0 Å². The van der Waals surface area contributed by atoms with Gasteiger partial charge in [-0.05, 0) is 36.8 Å². The Morgan fingerprint density at radius 3 is 2.68 bits per heavy atom. The minimum Gasteiger partial charge on any atom is -0.366 e. The van der Waals surface area contributed by atoms with Crippen LogP contribution in [0.25, 0.3) is 0 Å². The molecule has 0 fully saturated rings. The molecule has 0 spiro atoms.